The molecule has 0 bridgehead atoms. The quantitative estimate of drug-likeness (QED) is 0.751. The molecule has 7 nitrogen and oxygen atoms in total. The van der Waals surface area contributed by atoms with Gasteiger partial charge in [0.15, 0.2) is 0 Å². The maximum Gasteiger partial charge on any atom is 0.295 e. The van der Waals surface area contributed by atoms with Crippen LogP contribution < -0.4 is 5.32 Å². The van der Waals surface area contributed by atoms with Gasteiger partial charge in [-0.25, -0.2) is 9.50 Å². The van der Waals surface area contributed by atoms with E-state index in [4.69, 9.17) is 5.26 Å². The molecule has 0 atom stereocenters. The largest absolute Gasteiger partial charge is 0.318 e. The molecule has 2 aromatic heterocycles. The highest BCUT2D eigenvalue weighted by Gasteiger charge is 2.14. The van der Waals surface area contributed by atoms with Gasteiger partial charge in [-0.15, -0.1) is 5.10 Å². The number of amides is 1. The summed E-state index contributed by atoms with van der Waals surface area (Å²) in [5.74, 6) is -0.152. The highest BCUT2D eigenvalue weighted by Crippen LogP contribution is 2.14. The smallest absolute Gasteiger partial charge is 0.295 e. The fraction of sp³-hybridized carbons (Fsp3) is 0. The first-order valence-electron chi connectivity index (χ1n) is 5.76. The molecule has 0 saturated heterocycles. The first-order chi connectivity index (χ1) is 9.78. The molecule has 3 rings (SSSR count). The second-order valence-electron chi connectivity index (χ2n) is 3.91. The number of rotatable bonds is 2. The van der Waals surface area contributed by atoms with E-state index < -0.39 is 5.91 Å². The summed E-state index contributed by atoms with van der Waals surface area (Å²) in [4.78, 5) is 20.1. The molecule has 0 aliphatic heterocycles. The van der Waals surface area contributed by atoms with Crippen LogP contribution in [0.1, 0.15) is 16.2 Å². The van der Waals surface area contributed by atoms with Crippen molar-refractivity contribution < 1.29 is 4.79 Å². The number of anilines is 1. The van der Waals surface area contributed by atoms with Gasteiger partial charge in [0.2, 0.25) is 5.82 Å². The predicted octanol–water partition coefficient (Wildman–Crippen LogP) is 1.25. The Balaban J connectivity index is 1.91. The van der Waals surface area contributed by atoms with Crippen LogP contribution in [0.25, 0.3) is 5.78 Å². The normalized spacial score (nSPS) is 10.2. The van der Waals surface area contributed by atoms with E-state index in [1.807, 2.05) is 6.07 Å². The molecule has 96 valence electrons. The summed E-state index contributed by atoms with van der Waals surface area (Å²) in [6, 6.07) is 10.4. The molecule has 0 aliphatic carbocycles. The summed E-state index contributed by atoms with van der Waals surface area (Å²) < 4.78 is 1.41. The van der Waals surface area contributed by atoms with Crippen LogP contribution in [-0.4, -0.2) is 25.5 Å². The second kappa shape index (κ2) is 4.78. The summed E-state index contributed by atoms with van der Waals surface area (Å²) in [5, 5.41) is 15.6. The van der Waals surface area contributed by atoms with Gasteiger partial charge in [-0.05, 0) is 18.2 Å². The lowest BCUT2D eigenvalue weighted by Gasteiger charge is -2.03. The number of hydrogen-bond donors (Lipinski definition) is 1. The van der Waals surface area contributed by atoms with E-state index in [9.17, 15) is 4.79 Å². The highest BCUT2D eigenvalue weighted by atomic mass is 16.2. The SMILES string of the molecule is N#Cc1ccccc1NC(=O)c1nc2ncccn2n1. The molecule has 2 heterocycles. The Morgan fingerprint density at radius 1 is 1.30 bits per heavy atom. The van der Waals surface area contributed by atoms with Crippen LogP contribution in [0.3, 0.4) is 0 Å². The number of nitriles is 1. The molecule has 0 fully saturated rings. The van der Waals surface area contributed by atoms with Crippen molar-refractivity contribution in [2.75, 3.05) is 5.32 Å². The molecule has 0 aliphatic rings. The molecule has 0 radical (unpaired) electrons. The van der Waals surface area contributed by atoms with E-state index in [-0.39, 0.29) is 5.82 Å². The third kappa shape index (κ3) is 2.06. The number of fused-ring (bicyclic) bond motifs is 1. The zero-order chi connectivity index (χ0) is 13.9. The average molecular weight is 264 g/mol. The average Bonchev–Trinajstić information content (AvgIpc) is 2.92. The number of nitrogens with one attached hydrogen (secondary N) is 1. The van der Waals surface area contributed by atoms with Crippen molar-refractivity contribution in [3.8, 4) is 6.07 Å². The maximum atomic E-state index is 12.1. The minimum absolute atomic E-state index is 0.00329. The predicted molar refractivity (Wildman–Crippen MR) is 69.9 cm³/mol. The van der Waals surface area contributed by atoms with Crippen molar-refractivity contribution in [3.63, 3.8) is 0 Å². The van der Waals surface area contributed by atoms with Crippen molar-refractivity contribution in [3.05, 3.63) is 54.1 Å². The molecule has 1 aromatic carbocycles. The summed E-state index contributed by atoms with van der Waals surface area (Å²) in [6.45, 7) is 0. The monoisotopic (exact) mass is 264 g/mol. The molecule has 7 heteroatoms. The van der Waals surface area contributed by atoms with Gasteiger partial charge in [0.1, 0.15) is 6.07 Å². The van der Waals surface area contributed by atoms with Gasteiger partial charge in [-0.1, -0.05) is 12.1 Å². The minimum Gasteiger partial charge on any atom is -0.318 e. The Bertz CT molecular complexity index is 799. The fourth-order valence-electron chi connectivity index (χ4n) is 1.70. The van der Waals surface area contributed by atoms with Crippen molar-refractivity contribution in [2.45, 2.75) is 0 Å². The molecule has 1 amide bonds. The van der Waals surface area contributed by atoms with E-state index in [0.29, 0.717) is 17.0 Å². The standard InChI is InChI=1S/C13H8N6O/c14-8-9-4-1-2-5-10(9)16-12(20)11-17-13-15-6-3-7-19(13)18-11/h1-7H,(H,16,20). The molecular weight excluding hydrogens is 256 g/mol. The minimum atomic E-state index is -0.488. The molecule has 0 spiro atoms. The highest BCUT2D eigenvalue weighted by molar-refractivity contribution is 6.02. The van der Waals surface area contributed by atoms with E-state index in [2.05, 4.69) is 20.4 Å². The lowest BCUT2D eigenvalue weighted by molar-refractivity contribution is 0.101. The zero-order valence-electron chi connectivity index (χ0n) is 10.2. The van der Waals surface area contributed by atoms with E-state index in [1.54, 1.807) is 42.7 Å². The van der Waals surface area contributed by atoms with E-state index in [1.165, 1.54) is 4.52 Å². The van der Waals surface area contributed by atoms with Crippen molar-refractivity contribution in [2.24, 2.45) is 0 Å². The first-order valence-corrected chi connectivity index (χ1v) is 5.76. The Kier molecular flexibility index (Phi) is 2.82. The summed E-state index contributed by atoms with van der Waals surface area (Å²) >= 11 is 0. The molecular formula is C13H8N6O. The van der Waals surface area contributed by atoms with Gasteiger partial charge in [-0.2, -0.15) is 10.2 Å². The van der Waals surface area contributed by atoms with Crippen LogP contribution in [-0.2, 0) is 0 Å². The van der Waals surface area contributed by atoms with E-state index in [0.717, 1.165) is 0 Å². The molecule has 20 heavy (non-hydrogen) atoms. The fourth-order valence-corrected chi connectivity index (χ4v) is 1.70. The lowest BCUT2D eigenvalue weighted by Crippen LogP contribution is -2.14. The number of aromatic nitrogens is 4. The molecule has 0 unspecified atom stereocenters. The van der Waals surface area contributed by atoms with Gasteiger partial charge in [0.25, 0.3) is 11.7 Å². The second-order valence-corrected chi connectivity index (χ2v) is 3.91. The Morgan fingerprint density at radius 2 is 2.15 bits per heavy atom. The summed E-state index contributed by atoms with van der Waals surface area (Å²) in [5.41, 5.74) is 0.801. The Morgan fingerprint density at radius 3 is 2.95 bits per heavy atom. The number of hydrogen-bond acceptors (Lipinski definition) is 5. The molecule has 0 saturated carbocycles. The van der Waals surface area contributed by atoms with Crippen LogP contribution in [0, 0.1) is 11.3 Å². The van der Waals surface area contributed by atoms with Gasteiger partial charge >= 0.3 is 0 Å². The van der Waals surface area contributed by atoms with Crippen LogP contribution >= 0.6 is 0 Å². The zero-order valence-corrected chi connectivity index (χ0v) is 10.2. The van der Waals surface area contributed by atoms with Crippen molar-refractivity contribution in [1.82, 2.24) is 19.6 Å². The lowest BCUT2D eigenvalue weighted by atomic mass is 10.2. The van der Waals surface area contributed by atoms with Crippen molar-refractivity contribution >= 4 is 17.4 Å². The van der Waals surface area contributed by atoms with Gasteiger partial charge in [0, 0.05) is 12.4 Å². The molecule has 1 N–H and O–H groups in total. The van der Waals surface area contributed by atoms with Crippen molar-refractivity contribution in [1.29, 1.82) is 5.26 Å². The van der Waals surface area contributed by atoms with Crippen LogP contribution in [0.2, 0.25) is 0 Å². The summed E-state index contributed by atoms with van der Waals surface area (Å²) in [6.07, 6.45) is 3.21. The Labute approximate surface area is 113 Å². The van der Waals surface area contributed by atoms with Gasteiger partial charge in [0.05, 0.1) is 11.3 Å². The third-order valence-corrected chi connectivity index (χ3v) is 2.62. The first kappa shape index (κ1) is 11.8. The van der Waals surface area contributed by atoms with Gasteiger partial charge < -0.3 is 5.32 Å². The number of carbonyl (C=O) groups is 1. The maximum absolute atomic E-state index is 12.1. The van der Waals surface area contributed by atoms with Gasteiger partial charge in [-0.3, -0.25) is 4.79 Å². The van der Waals surface area contributed by atoms with Crippen LogP contribution in [0.15, 0.2) is 42.7 Å². The number of benzene rings is 1. The third-order valence-electron chi connectivity index (χ3n) is 2.62. The Hall–Kier alpha value is -3.27. The number of para-hydroxylation sites is 1. The van der Waals surface area contributed by atoms with Crippen LogP contribution in [0.5, 0.6) is 0 Å². The number of nitrogens with zero attached hydrogens (tertiary/aromatic N) is 5. The topological polar surface area (TPSA) is 96.0 Å². The molecule has 3 aromatic rings. The van der Waals surface area contributed by atoms with E-state index >= 15 is 0 Å². The summed E-state index contributed by atoms with van der Waals surface area (Å²) in [7, 11) is 0. The number of carbonyl (C=O) groups excluding carboxylic acids is 1. The van der Waals surface area contributed by atoms with Crippen LogP contribution in [0.4, 0.5) is 5.69 Å².